The van der Waals surface area contributed by atoms with Crippen molar-refractivity contribution in [1.29, 1.82) is 0 Å². The Morgan fingerprint density at radius 2 is 1.89 bits per heavy atom. The Morgan fingerprint density at radius 1 is 1.22 bits per heavy atom. The van der Waals surface area contributed by atoms with Gasteiger partial charge in [0.25, 0.3) is 0 Å². The normalized spacial score (nSPS) is 12.7. The second-order valence-corrected chi connectivity index (χ2v) is 4.43. The van der Waals surface area contributed by atoms with Gasteiger partial charge in [-0.25, -0.2) is 0 Å². The van der Waals surface area contributed by atoms with Gasteiger partial charge in [0, 0.05) is 11.3 Å². The quantitative estimate of drug-likeness (QED) is 0.861. The van der Waals surface area contributed by atoms with Crippen molar-refractivity contribution in [2.75, 3.05) is 6.61 Å². The highest BCUT2D eigenvalue weighted by Gasteiger charge is 2.18. The minimum atomic E-state index is -0.852. The molecule has 1 aromatic carbocycles. The van der Waals surface area contributed by atoms with Crippen LogP contribution in [0.3, 0.4) is 0 Å². The van der Waals surface area contributed by atoms with Crippen LogP contribution in [0.2, 0.25) is 0 Å². The molecule has 0 radical (unpaired) electrons. The van der Waals surface area contributed by atoms with Crippen LogP contribution in [0.5, 0.6) is 0 Å². The van der Waals surface area contributed by atoms with Gasteiger partial charge in [0.1, 0.15) is 6.10 Å². The molecule has 1 unspecified atom stereocenters. The van der Waals surface area contributed by atoms with E-state index >= 15 is 0 Å². The highest BCUT2D eigenvalue weighted by Crippen LogP contribution is 2.21. The molecule has 4 heteroatoms. The van der Waals surface area contributed by atoms with Crippen molar-refractivity contribution in [3.8, 4) is 0 Å². The van der Waals surface area contributed by atoms with Crippen molar-refractivity contribution in [3.63, 3.8) is 0 Å². The topological polar surface area (TPSA) is 58.3 Å². The van der Waals surface area contributed by atoms with Crippen LogP contribution in [-0.4, -0.2) is 26.6 Å². The lowest BCUT2D eigenvalue weighted by molar-refractivity contribution is 0.0945. The molecule has 2 aromatic rings. The number of nitrogens with zero attached hydrogens (tertiary/aromatic N) is 2. The summed E-state index contributed by atoms with van der Waals surface area (Å²) in [5.41, 5.74) is 3.56. The molecule has 0 aliphatic rings. The van der Waals surface area contributed by atoms with E-state index in [1.165, 1.54) is 0 Å². The standard InChI is InChI=1S/C14H18N2O2/c1-10-14(13(18)9-17)11(2)16(15-10)8-12-6-4-3-5-7-12/h3-7,13,17-18H,8-9H2,1-2H3. The first-order valence-corrected chi connectivity index (χ1v) is 6.00. The number of hydrogen-bond acceptors (Lipinski definition) is 3. The molecule has 4 nitrogen and oxygen atoms in total. The molecule has 0 saturated carbocycles. The van der Waals surface area contributed by atoms with Gasteiger partial charge >= 0.3 is 0 Å². The molecule has 1 atom stereocenters. The monoisotopic (exact) mass is 246 g/mol. The molecule has 0 saturated heterocycles. The lowest BCUT2D eigenvalue weighted by atomic mass is 10.1. The zero-order valence-electron chi connectivity index (χ0n) is 10.7. The molecule has 1 aromatic heterocycles. The van der Waals surface area contributed by atoms with Gasteiger partial charge in [0.2, 0.25) is 0 Å². The zero-order valence-corrected chi connectivity index (χ0v) is 10.7. The molecule has 0 aliphatic heterocycles. The lowest BCUT2D eigenvalue weighted by Crippen LogP contribution is -2.07. The summed E-state index contributed by atoms with van der Waals surface area (Å²) in [7, 11) is 0. The first-order chi connectivity index (χ1) is 8.63. The summed E-state index contributed by atoms with van der Waals surface area (Å²) in [6, 6.07) is 10.0. The van der Waals surface area contributed by atoms with E-state index in [0.29, 0.717) is 6.54 Å². The van der Waals surface area contributed by atoms with Crippen LogP contribution >= 0.6 is 0 Å². The van der Waals surface area contributed by atoms with Crippen LogP contribution in [0.15, 0.2) is 30.3 Å². The van der Waals surface area contributed by atoms with Crippen molar-refractivity contribution in [1.82, 2.24) is 9.78 Å². The molecule has 2 N–H and O–H groups in total. The van der Waals surface area contributed by atoms with Gasteiger partial charge in [-0.15, -0.1) is 0 Å². The number of aromatic nitrogens is 2. The molecule has 0 spiro atoms. The van der Waals surface area contributed by atoms with Gasteiger partial charge in [-0.1, -0.05) is 30.3 Å². The Morgan fingerprint density at radius 3 is 2.50 bits per heavy atom. The summed E-state index contributed by atoms with van der Waals surface area (Å²) in [6.45, 7) is 4.16. The van der Waals surface area contributed by atoms with Crippen LogP contribution in [0.25, 0.3) is 0 Å². The maximum absolute atomic E-state index is 9.77. The van der Waals surface area contributed by atoms with E-state index in [4.69, 9.17) is 5.11 Å². The van der Waals surface area contributed by atoms with Crippen LogP contribution < -0.4 is 0 Å². The molecule has 96 valence electrons. The predicted octanol–water partition coefficient (Wildman–Crippen LogP) is 1.57. The Hall–Kier alpha value is -1.65. The molecular weight excluding hydrogens is 228 g/mol. The number of aryl methyl sites for hydroxylation is 1. The fourth-order valence-electron chi connectivity index (χ4n) is 2.19. The second-order valence-electron chi connectivity index (χ2n) is 4.43. The van der Waals surface area contributed by atoms with Gasteiger partial charge in [0.15, 0.2) is 0 Å². The molecule has 0 fully saturated rings. The molecule has 2 rings (SSSR count). The van der Waals surface area contributed by atoms with Gasteiger partial charge in [-0.3, -0.25) is 4.68 Å². The smallest absolute Gasteiger partial charge is 0.106 e. The van der Waals surface area contributed by atoms with Crippen molar-refractivity contribution < 1.29 is 10.2 Å². The van der Waals surface area contributed by atoms with Gasteiger partial charge in [-0.05, 0) is 19.4 Å². The van der Waals surface area contributed by atoms with Crippen molar-refractivity contribution in [2.45, 2.75) is 26.5 Å². The Bertz CT molecular complexity index is 520. The third-order valence-electron chi connectivity index (χ3n) is 3.12. The minimum absolute atomic E-state index is 0.279. The highest BCUT2D eigenvalue weighted by molar-refractivity contribution is 5.28. The average Bonchev–Trinajstić information content (AvgIpc) is 2.65. The molecular formula is C14H18N2O2. The third kappa shape index (κ3) is 2.44. The van der Waals surface area contributed by atoms with E-state index in [1.54, 1.807) is 0 Å². The summed E-state index contributed by atoms with van der Waals surface area (Å²) >= 11 is 0. The first-order valence-electron chi connectivity index (χ1n) is 6.00. The van der Waals surface area contributed by atoms with Crippen LogP contribution in [-0.2, 0) is 6.54 Å². The highest BCUT2D eigenvalue weighted by atomic mass is 16.3. The number of aliphatic hydroxyl groups excluding tert-OH is 2. The minimum Gasteiger partial charge on any atom is -0.393 e. The number of aliphatic hydroxyl groups is 2. The molecule has 0 amide bonds. The lowest BCUT2D eigenvalue weighted by Gasteiger charge is -2.09. The van der Waals surface area contributed by atoms with E-state index in [1.807, 2.05) is 48.9 Å². The van der Waals surface area contributed by atoms with Crippen molar-refractivity contribution in [2.24, 2.45) is 0 Å². The molecule has 1 heterocycles. The third-order valence-corrected chi connectivity index (χ3v) is 3.12. The van der Waals surface area contributed by atoms with Gasteiger partial charge in [0.05, 0.1) is 18.8 Å². The van der Waals surface area contributed by atoms with E-state index in [2.05, 4.69) is 5.10 Å². The van der Waals surface area contributed by atoms with Crippen LogP contribution in [0.4, 0.5) is 0 Å². The summed E-state index contributed by atoms with van der Waals surface area (Å²) in [5, 5.41) is 23.2. The predicted molar refractivity (Wildman–Crippen MR) is 69.3 cm³/mol. The number of rotatable bonds is 4. The Balaban J connectivity index is 2.30. The SMILES string of the molecule is Cc1nn(Cc2ccccc2)c(C)c1C(O)CO. The van der Waals surface area contributed by atoms with Gasteiger partial charge in [-0.2, -0.15) is 5.10 Å². The first kappa shape index (κ1) is 12.8. The fourth-order valence-corrected chi connectivity index (χ4v) is 2.19. The summed E-state index contributed by atoms with van der Waals surface area (Å²) in [6.07, 6.45) is -0.852. The Kier molecular flexibility index (Phi) is 3.79. The van der Waals surface area contributed by atoms with Crippen molar-refractivity contribution in [3.05, 3.63) is 52.8 Å². The van der Waals surface area contributed by atoms with E-state index in [9.17, 15) is 5.11 Å². The summed E-state index contributed by atoms with van der Waals surface area (Å²) in [4.78, 5) is 0. The van der Waals surface area contributed by atoms with Crippen LogP contribution in [0.1, 0.15) is 28.6 Å². The summed E-state index contributed by atoms with van der Waals surface area (Å²) in [5.74, 6) is 0. The molecule has 18 heavy (non-hydrogen) atoms. The molecule has 0 bridgehead atoms. The Labute approximate surface area is 107 Å². The largest absolute Gasteiger partial charge is 0.393 e. The van der Waals surface area contributed by atoms with Crippen LogP contribution in [0, 0.1) is 13.8 Å². The van der Waals surface area contributed by atoms with E-state index < -0.39 is 6.10 Å². The van der Waals surface area contributed by atoms with Crippen molar-refractivity contribution >= 4 is 0 Å². The van der Waals surface area contributed by atoms with Gasteiger partial charge < -0.3 is 10.2 Å². The zero-order chi connectivity index (χ0) is 13.1. The second kappa shape index (κ2) is 5.33. The fraction of sp³-hybridized carbons (Fsp3) is 0.357. The maximum atomic E-state index is 9.77. The average molecular weight is 246 g/mol. The van der Waals surface area contributed by atoms with E-state index in [0.717, 1.165) is 22.5 Å². The summed E-state index contributed by atoms with van der Waals surface area (Å²) < 4.78 is 1.86. The number of benzene rings is 1. The maximum Gasteiger partial charge on any atom is 0.106 e. The molecule has 0 aliphatic carbocycles. The van der Waals surface area contributed by atoms with E-state index in [-0.39, 0.29) is 6.61 Å². The number of hydrogen-bond donors (Lipinski definition) is 2.